The molecule has 2 nitrogen and oxygen atoms in total. The van der Waals surface area contributed by atoms with Gasteiger partial charge < -0.3 is 9.84 Å². The maximum Gasteiger partial charge on any atom is 0.0716 e. The predicted octanol–water partition coefficient (Wildman–Crippen LogP) is 1.72. The summed E-state index contributed by atoms with van der Waals surface area (Å²) in [6, 6.07) is 0. The molecule has 4 unspecified atom stereocenters. The van der Waals surface area contributed by atoms with E-state index < -0.39 is 0 Å². The second-order valence-electron chi connectivity index (χ2n) is 5.21. The van der Waals surface area contributed by atoms with E-state index in [0.29, 0.717) is 5.92 Å². The third kappa shape index (κ3) is 0.909. The van der Waals surface area contributed by atoms with E-state index in [1.807, 2.05) is 0 Å². The molecule has 0 aromatic heterocycles. The zero-order valence-electron chi connectivity index (χ0n) is 8.25. The number of rotatable bonds is 2. The largest absolute Gasteiger partial charge is 0.389 e. The molecule has 0 amide bonds. The Balaban J connectivity index is 1.91. The van der Waals surface area contributed by atoms with Crippen LogP contribution in [0, 0.1) is 11.8 Å². The molecule has 3 aliphatic carbocycles. The maximum atomic E-state index is 10.3. The van der Waals surface area contributed by atoms with Crippen molar-refractivity contribution in [2.24, 2.45) is 11.8 Å². The van der Waals surface area contributed by atoms with Gasteiger partial charge in [0.1, 0.15) is 0 Å². The van der Waals surface area contributed by atoms with Crippen molar-refractivity contribution in [2.45, 2.75) is 50.2 Å². The first-order valence-corrected chi connectivity index (χ1v) is 5.54. The fraction of sp³-hybridized carbons (Fsp3) is 1.00. The van der Waals surface area contributed by atoms with Crippen LogP contribution in [-0.4, -0.2) is 22.9 Å². The number of ether oxygens (including phenoxy) is 1. The van der Waals surface area contributed by atoms with E-state index in [4.69, 9.17) is 4.74 Å². The molecule has 1 N–H and O–H groups in total. The summed E-state index contributed by atoms with van der Waals surface area (Å²) >= 11 is 0. The van der Waals surface area contributed by atoms with Gasteiger partial charge in [0, 0.05) is 13.0 Å². The highest BCUT2D eigenvalue weighted by Gasteiger charge is 2.65. The molecule has 0 aromatic carbocycles. The highest BCUT2D eigenvalue weighted by Crippen LogP contribution is 2.64. The molecule has 74 valence electrons. The van der Waals surface area contributed by atoms with Gasteiger partial charge >= 0.3 is 0 Å². The van der Waals surface area contributed by atoms with E-state index >= 15 is 0 Å². The molecule has 0 heterocycles. The van der Waals surface area contributed by atoms with Gasteiger partial charge in [-0.1, -0.05) is 0 Å². The van der Waals surface area contributed by atoms with Crippen LogP contribution in [0.1, 0.15) is 39.0 Å². The lowest BCUT2D eigenvalue weighted by molar-refractivity contribution is -0.0753. The minimum absolute atomic E-state index is 0.0787. The third-order valence-corrected chi connectivity index (χ3v) is 4.51. The van der Waals surface area contributed by atoms with Crippen molar-refractivity contribution in [1.29, 1.82) is 0 Å². The maximum absolute atomic E-state index is 10.3. The first-order valence-electron chi connectivity index (χ1n) is 5.54. The van der Waals surface area contributed by atoms with Crippen molar-refractivity contribution in [3.05, 3.63) is 0 Å². The van der Waals surface area contributed by atoms with E-state index in [1.54, 1.807) is 0 Å². The Bertz CT molecular complexity index is 240. The quantitative estimate of drug-likeness (QED) is 0.704. The lowest BCUT2D eigenvalue weighted by atomic mass is 9.84. The minimum Gasteiger partial charge on any atom is -0.389 e. The third-order valence-electron chi connectivity index (χ3n) is 4.51. The summed E-state index contributed by atoms with van der Waals surface area (Å²) in [6.45, 7) is 2.86. The number of fused-ring (bicyclic) bond motifs is 1. The predicted molar refractivity (Wildman–Crippen MR) is 49.4 cm³/mol. The van der Waals surface area contributed by atoms with Crippen LogP contribution < -0.4 is 0 Å². The van der Waals surface area contributed by atoms with Crippen molar-refractivity contribution in [3.8, 4) is 0 Å². The van der Waals surface area contributed by atoms with E-state index in [1.165, 1.54) is 12.8 Å². The molecule has 0 radical (unpaired) electrons. The summed E-state index contributed by atoms with van der Waals surface area (Å²) in [5.74, 6) is 1.34. The molecule has 3 aliphatic rings. The SMILES string of the molecule is CCOC12CC3CCC(O)(C1)C3C2. The van der Waals surface area contributed by atoms with E-state index in [-0.39, 0.29) is 11.2 Å². The monoisotopic (exact) mass is 182 g/mol. The summed E-state index contributed by atoms with van der Waals surface area (Å²) in [7, 11) is 0. The molecule has 3 rings (SSSR count). The Morgan fingerprint density at radius 1 is 1.46 bits per heavy atom. The highest BCUT2D eigenvalue weighted by atomic mass is 16.5. The van der Waals surface area contributed by atoms with Crippen LogP contribution in [0.4, 0.5) is 0 Å². The average molecular weight is 182 g/mol. The van der Waals surface area contributed by atoms with E-state index in [0.717, 1.165) is 31.8 Å². The summed E-state index contributed by atoms with van der Waals surface area (Å²) < 4.78 is 5.87. The molecule has 4 atom stereocenters. The lowest BCUT2D eigenvalue weighted by Crippen LogP contribution is -2.38. The fourth-order valence-corrected chi connectivity index (χ4v) is 4.22. The Kier molecular flexibility index (Phi) is 1.45. The standard InChI is InChI=1S/C11H18O2/c1-2-13-10-5-8-3-4-11(12,7-10)9(8)6-10/h8-9,12H,2-7H2,1H3. The zero-order chi connectivity index (χ0) is 9.10. The van der Waals surface area contributed by atoms with Gasteiger partial charge in [-0.05, 0) is 44.4 Å². The second kappa shape index (κ2) is 2.29. The van der Waals surface area contributed by atoms with Gasteiger partial charge in [-0.3, -0.25) is 0 Å². The van der Waals surface area contributed by atoms with Crippen LogP contribution in [0.5, 0.6) is 0 Å². The topological polar surface area (TPSA) is 29.5 Å². The van der Waals surface area contributed by atoms with Crippen molar-refractivity contribution in [2.75, 3.05) is 6.61 Å². The van der Waals surface area contributed by atoms with Crippen LogP contribution in [0.2, 0.25) is 0 Å². The molecule has 0 spiro atoms. The zero-order valence-corrected chi connectivity index (χ0v) is 8.25. The van der Waals surface area contributed by atoms with Gasteiger partial charge in [0.2, 0.25) is 0 Å². The Morgan fingerprint density at radius 3 is 2.92 bits per heavy atom. The summed E-state index contributed by atoms with van der Waals surface area (Å²) in [6.07, 6.45) is 5.51. The van der Waals surface area contributed by atoms with Crippen molar-refractivity contribution < 1.29 is 9.84 Å². The van der Waals surface area contributed by atoms with Gasteiger partial charge in [0.05, 0.1) is 11.2 Å². The van der Waals surface area contributed by atoms with Crippen molar-refractivity contribution in [1.82, 2.24) is 0 Å². The molecule has 3 saturated carbocycles. The van der Waals surface area contributed by atoms with Crippen LogP contribution in [-0.2, 0) is 4.74 Å². The fourth-order valence-electron chi connectivity index (χ4n) is 4.22. The van der Waals surface area contributed by atoms with Crippen molar-refractivity contribution >= 4 is 0 Å². The highest BCUT2D eigenvalue weighted by molar-refractivity contribution is 5.17. The van der Waals surface area contributed by atoms with Gasteiger partial charge in [0.25, 0.3) is 0 Å². The van der Waals surface area contributed by atoms with Crippen LogP contribution in [0.3, 0.4) is 0 Å². The molecule has 0 aromatic rings. The average Bonchev–Trinajstić information content (AvgIpc) is 2.57. The van der Waals surface area contributed by atoms with E-state index in [9.17, 15) is 5.11 Å². The molecule has 0 aliphatic heterocycles. The van der Waals surface area contributed by atoms with E-state index in [2.05, 4.69) is 6.92 Å². The lowest BCUT2D eigenvalue weighted by Gasteiger charge is -2.33. The Labute approximate surface area is 79.3 Å². The van der Waals surface area contributed by atoms with Gasteiger partial charge in [-0.2, -0.15) is 0 Å². The van der Waals surface area contributed by atoms with Crippen molar-refractivity contribution in [3.63, 3.8) is 0 Å². The number of aliphatic hydroxyl groups is 1. The summed E-state index contributed by atoms with van der Waals surface area (Å²) in [5, 5.41) is 10.3. The molecular weight excluding hydrogens is 164 g/mol. The molecule has 2 bridgehead atoms. The summed E-state index contributed by atoms with van der Waals surface area (Å²) in [5.41, 5.74) is -0.257. The normalized spacial score (nSPS) is 57.7. The second-order valence-corrected chi connectivity index (χ2v) is 5.21. The number of hydrogen-bond acceptors (Lipinski definition) is 2. The minimum atomic E-state index is -0.335. The van der Waals surface area contributed by atoms with Gasteiger partial charge in [-0.15, -0.1) is 0 Å². The van der Waals surface area contributed by atoms with Gasteiger partial charge in [-0.25, -0.2) is 0 Å². The molecule has 3 fully saturated rings. The molecular formula is C11H18O2. The Morgan fingerprint density at radius 2 is 2.31 bits per heavy atom. The first-order chi connectivity index (χ1) is 6.18. The molecule has 0 saturated heterocycles. The molecule has 13 heavy (non-hydrogen) atoms. The first kappa shape index (κ1) is 8.25. The smallest absolute Gasteiger partial charge is 0.0716 e. The Hall–Kier alpha value is -0.0800. The summed E-state index contributed by atoms with van der Waals surface area (Å²) in [4.78, 5) is 0. The van der Waals surface area contributed by atoms with Gasteiger partial charge in [0.15, 0.2) is 0 Å². The van der Waals surface area contributed by atoms with Crippen LogP contribution in [0.15, 0.2) is 0 Å². The van der Waals surface area contributed by atoms with Crippen LogP contribution in [0.25, 0.3) is 0 Å². The number of hydrogen-bond donors (Lipinski definition) is 1. The molecule has 2 heteroatoms. The van der Waals surface area contributed by atoms with Crippen LogP contribution >= 0.6 is 0 Å².